The standard InChI is InChI=1S/C12H16Cl2N2O2/c1-8(15-2)6-16-12(17)7-18-11-4-9(13)3-10(14)5-11/h3-5,8,15H,6-7H2,1-2H3,(H,16,17). The van der Waals surface area contributed by atoms with Crippen molar-refractivity contribution in [1.29, 1.82) is 0 Å². The molecule has 0 radical (unpaired) electrons. The quantitative estimate of drug-likeness (QED) is 0.844. The summed E-state index contributed by atoms with van der Waals surface area (Å²) in [4.78, 5) is 11.5. The highest BCUT2D eigenvalue weighted by molar-refractivity contribution is 6.34. The SMILES string of the molecule is CNC(C)CNC(=O)COc1cc(Cl)cc(Cl)c1. The molecule has 4 nitrogen and oxygen atoms in total. The van der Waals surface area contributed by atoms with Crippen molar-refractivity contribution in [3.8, 4) is 5.75 Å². The number of amides is 1. The van der Waals surface area contributed by atoms with Crippen LogP contribution in [-0.4, -0.2) is 32.1 Å². The molecule has 0 heterocycles. The van der Waals surface area contributed by atoms with Gasteiger partial charge in [-0.3, -0.25) is 4.79 Å². The van der Waals surface area contributed by atoms with Crippen LogP contribution in [0.25, 0.3) is 0 Å². The monoisotopic (exact) mass is 290 g/mol. The molecule has 0 spiro atoms. The first-order valence-electron chi connectivity index (χ1n) is 5.54. The van der Waals surface area contributed by atoms with E-state index in [1.54, 1.807) is 18.2 Å². The van der Waals surface area contributed by atoms with E-state index in [-0.39, 0.29) is 18.6 Å². The minimum atomic E-state index is -0.187. The van der Waals surface area contributed by atoms with Crippen LogP contribution in [-0.2, 0) is 4.79 Å². The molecule has 6 heteroatoms. The highest BCUT2D eigenvalue weighted by Crippen LogP contribution is 2.23. The number of hydrogen-bond donors (Lipinski definition) is 2. The van der Waals surface area contributed by atoms with Gasteiger partial charge in [0.05, 0.1) is 0 Å². The Bertz CT molecular complexity index is 393. The fourth-order valence-corrected chi connectivity index (χ4v) is 1.69. The number of carbonyl (C=O) groups excluding carboxylic acids is 1. The molecular formula is C12H16Cl2N2O2. The lowest BCUT2D eigenvalue weighted by molar-refractivity contribution is -0.123. The van der Waals surface area contributed by atoms with Crippen LogP contribution in [0.15, 0.2) is 18.2 Å². The van der Waals surface area contributed by atoms with Gasteiger partial charge in [0.15, 0.2) is 6.61 Å². The molecule has 1 rings (SSSR count). The van der Waals surface area contributed by atoms with E-state index in [1.807, 2.05) is 14.0 Å². The Morgan fingerprint density at radius 2 is 1.94 bits per heavy atom. The summed E-state index contributed by atoms with van der Waals surface area (Å²) in [6, 6.07) is 5.04. The summed E-state index contributed by atoms with van der Waals surface area (Å²) in [5, 5.41) is 6.71. The van der Waals surface area contributed by atoms with E-state index in [0.717, 1.165) is 0 Å². The van der Waals surface area contributed by atoms with Gasteiger partial charge < -0.3 is 15.4 Å². The van der Waals surface area contributed by atoms with Crippen LogP contribution in [0.4, 0.5) is 0 Å². The van der Waals surface area contributed by atoms with Crippen LogP contribution in [0.3, 0.4) is 0 Å². The van der Waals surface area contributed by atoms with Crippen molar-refractivity contribution >= 4 is 29.1 Å². The third-order valence-corrected chi connectivity index (χ3v) is 2.74. The van der Waals surface area contributed by atoms with Gasteiger partial charge in [0, 0.05) is 22.6 Å². The van der Waals surface area contributed by atoms with E-state index < -0.39 is 0 Å². The molecule has 1 unspecified atom stereocenters. The minimum Gasteiger partial charge on any atom is -0.484 e. The van der Waals surface area contributed by atoms with E-state index in [1.165, 1.54) is 0 Å². The zero-order valence-corrected chi connectivity index (χ0v) is 11.8. The lowest BCUT2D eigenvalue weighted by Gasteiger charge is -2.12. The number of hydrogen-bond acceptors (Lipinski definition) is 3. The van der Waals surface area contributed by atoms with Gasteiger partial charge in [-0.15, -0.1) is 0 Å². The molecule has 1 aromatic carbocycles. The van der Waals surface area contributed by atoms with Crippen molar-refractivity contribution in [3.05, 3.63) is 28.2 Å². The largest absolute Gasteiger partial charge is 0.484 e. The molecule has 100 valence electrons. The Kier molecular flexibility index (Phi) is 6.25. The third-order valence-electron chi connectivity index (χ3n) is 2.30. The summed E-state index contributed by atoms with van der Waals surface area (Å²) in [7, 11) is 1.83. The molecule has 0 fully saturated rings. The van der Waals surface area contributed by atoms with Crippen LogP contribution in [0.5, 0.6) is 5.75 Å². The van der Waals surface area contributed by atoms with Gasteiger partial charge in [-0.25, -0.2) is 0 Å². The molecular weight excluding hydrogens is 275 g/mol. The molecule has 0 aliphatic carbocycles. The second kappa shape index (κ2) is 7.46. The molecule has 0 saturated heterocycles. The number of likely N-dealkylation sites (N-methyl/N-ethyl adjacent to an activating group) is 1. The molecule has 18 heavy (non-hydrogen) atoms. The van der Waals surface area contributed by atoms with Crippen molar-refractivity contribution in [2.24, 2.45) is 0 Å². The van der Waals surface area contributed by atoms with E-state index in [9.17, 15) is 4.79 Å². The molecule has 1 aromatic rings. The summed E-state index contributed by atoms with van der Waals surface area (Å²) >= 11 is 11.6. The van der Waals surface area contributed by atoms with Crippen molar-refractivity contribution in [3.63, 3.8) is 0 Å². The zero-order chi connectivity index (χ0) is 13.5. The predicted molar refractivity (Wildman–Crippen MR) is 73.5 cm³/mol. The second-order valence-corrected chi connectivity index (χ2v) is 4.76. The Labute approximate surface area is 117 Å². The Hall–Kier alpha value is -0.970. The van der Waals surface area contributed by atoms with Crippen molar-refractivity contribution in [2.75, 3.05) is 20.2 Å². The summed E-state index contributed by atoms with van der Waals surface area (Å²) in [6.07, 6.45) is 0. The highest BCUT2D eigenvalue weighted by atomic mass is 35.5. The Balaban J connectivity index is 2.38. The van der Waals surface area contributed by atoms with Gasteiger partial charge in [-0.2, -0.15) is 0 Å². The first-order valence-corrected chi connectivity index (χ1v) is 6.29. The van der Waals surface area contributed by atoms with Crippen LogP contribution >= 0.6 is 23.2 Å². The van der Waals surface area contributed by atoms with Gasteiger partial charge in [-0.1, -0.05) is 23.2 Å². The van der Waals surface area contributed by atoms with Gasteiger partial charge >= 0.3 is 0 Å². The molecule has 0 aromatic heterocycles. The summed E-state index contributed by atoms with van der Waals surface area (Å²) in [5.74, 6) is 0.289. The zero-order valence-electron chi connectivity index (χ0n) is 10.3. The third kappa shape index (κ3) is 5.58. The van der Waals surface area contributed by atoms with Gasteiger partial charge in [-0.05, 0) is 32.2 Å². The van der Waals surface area contributed by atoms with Crippen molar-refractivity contribution in [1.82, 2.24) is 10.6 Å². The fourth-order valence-electron chi connectivity index (χ4n) is 1.18. The summed E-state index contributed by atoms with van der Waals surface area (Å²) in [6.45, 7) is 2.46. The maximum Gasteiger partial charge on any atom is 0.257 e. The highest BCUT2D eigenvalue weighted by Gasteiger charge is 2.05. The fraction of sp³-hybridized carbons (Fsp3) is 0.417. The average Bonchev–Trinajstić information content (AvgIpc) is 2.32. The molecule has 0 aliphatic rings. The molecule has 0 aliphatic heterocycles. The Morgan fingerprint density at radius 1 is 1.33 bits per heavy atom. The molecule has 0 saturated carbocycles. The molecule has 0 bridgehead atoms. The van der Waals surface area contributed by atoms with Crippen LogP contribution in [0.2, 0.25) is 10.0 Å². The maximum atomic E-state index is 11.5. The topological polar surface area (TPSA) is 50.4 Å². The maximum absolute atomic E-state index is 11.5. The van der Waals surface area contributed by atoms with Crippen LogP contribution in [0, 0.1) is 0 Å². The lowest BCUT2D eigenvalue weighted by Crippen LogP contribution is -2.39. The van der Waals surface area contributed by atoms with Crippen molar-refractivity contribution in [2.45, 2.75) is 13.0 Å². The average molecular weight is 291 g/mol. The lowest BCUT2D eigenvalue weighted by atomic mass is 10.3. The van der Waals surface area contributed by atoms with Gasteiger partial charge in [0.1, 0.15) is 5.75 Å². The number of halogens is 2. The van der Waals surface area contributed by atoms with Crippen molar-refractivity contribution < 1.29 is 9.53 Å². The number of ether oxygens (including phenoxy) is 1. The molecule has 1 amide bonds. The Morgan fingerprint density at radius 3 is 2.50 bits per heavy atom. The number of benzene rings is 1. The van der Waals surface area contributed by atoms with E-state index >= 15 is 0 Å². The first kappa shape index (κ1) is 15.1. The second-order valence-electron chi connectivity index (χ2n) is 3.89. The summed E-state index contributed by atoms with van der Waals surface area (Å²) < 4.78 is 5.29. The number of carbonyl (C=O) groups is 1. The summed E-state index contributed by atoms with van der Waals surface area (Å²) in [5.41, 5.74) is 0. The first-order chi connectivity index (χ1) is 8.51. The molecule has 2 N–H and O–H groups in total. The molecule has 1 atom stereocenters. The smallest absolute Gasteiger partial charge is 0.257 e. The van der Waals surface area contributed by atoms with Crippen LogP contribution in [0.1, 0.15) is 6.92 Å². The van der Waals surface area contributed by atoms with E-state index in [0.29, 0.717) is 22.3 Å². The number of rotatable bonds is 6. The minimum absolute atomic E-state index is 0.0624. The van der Waals surface area contributed by atoms with E-state index in [2.05, 4.69) is 10.6 Å². The van der Waals surface area contributed by atoms with Gasteiger partial charge in [0.2, 0.25) is 0 Å². The number of nitrogens with one attached hydrogen (secondary N) is 2. The predicted octanol–water partition coefficient (Wildman–Crippen LogP) is 2.10. The van der Waals surface area contributed by atoms with Gasteiger partial charge in [0.25, 0.3) is 5.91 Å². The normalized spacial score (nSPS) is 12.0. The van der Waals surface area contributed by atoms with Crippen LogP contribution < -0.4 is 15.4 Å². The van der Waals surface area contributed by atoms with E-state index in [4.69, 9.17) is 27.9 Å².